The third-order valence-corrected chi connectivity index (χ3v) is 7.37. The molecule has 0 saturated carbocycles. The molecule has 0 N–H and O–H groups in total. The molecule has 0 amide bonds. The predicted octanol–water partition coefficient (Wildman–Crippen LogP) is 3.62. The summed E-state index contributed by atoms with van der Waals surface area (Å²) in [7, 11) is -2.63. The van der Waals surface area contributed by atoms with Gasteiger partial charge >= 0.3 is 8.80 Å². The lowest BCUT2D eigenvalue weighted by Gasteiger charge is -2.54. The third kappa shape index (κ3) is 4.76. The molecule has 0 bridgehead atoms. The molecule has 1 aliphatic heterocycles. The molecule has 0 aromatic carbocycles. The Morgan fingerprint density at radius 3 is 1.52 bits per heavy atom. The van der Waals surface area contributed by atoms with Crippen molar-refractivity contribution >= 4 is 8.80 Å². The Kier molecular flexibility index (Phi) is 6.87. The van der Waals surface area contributed by atoms with Gasteiger partial charge in [-0.3, -0.25) is 4.90 Å². The number of hydrogen-bond donors (Lipinski definition) is 0. The maximum atomic E-state index is 6.05. The molecular formula is C16H35NO3Si. The minimum Gasteiger partial charge on any atom is -0.373 e. The zero-order valence-corrected chi connectivity index (χ0v) is 16.1. The van der Waals surface area contributed by atoms with Gasteiger partial charge < -0.3 is 13.3 Å². The number of nitrogens with zero attached hydrogens (tertiary/aromatic N) is 1. The molecule has 5 heteroatoms. The van der Waals surface area contributed by atoms with Crippen LogP contribution in [0.3, 0.4) is 0 Å². The van der Waals surface area contributed by atoms with Gasteiger partial charge in [-0.15, -0.1) is 0 Å². The van der Waals surface area contributed by atoms with Crippen molar-refractivity contribution in [2.45, 2.75) is 78.8 Å². The SMILES string of the molecule is CCO[Si](CN1C(C)(C)CCCC1(C)C)(OCC)OCC. The normalized spacial score (nSPS) is 22.4. The zero-order chi connectivity index (χ0) is 16.1. The van der Waals surface area contributed by atoms with Crippen molar-refractivity contribution in [1.82, 2.24) is 4.90 Å². The van der Waals surface area contributed by atoms with Gasteiger partial charge in [0.25, 0.3) is 0 Å². The van der Waals surface area contributed by atoms with Crippen molar-refractivity contribution < 1.29 is 13.3 Å². The minimum absolute atomic E-state index is 0.158. The molecule has 21 heavy (non-hydrogen) atoms. The summed E-state index contributed by atoms with van der Waals surface area (Å²) in [6, 6.07) is 0. The standard InChI is InChI=1S/C16H35NO3Si/c1-8-18-21(19-9-2,20-10-3)14-17-15(4,5)12-11-13-16(17,6)7/h8-14H2,1-7H3. The second kappa shape index (κ2) is 7.55. The van der Waals surface area contributed by atoms with E-state index in [0.29, 0.717) is 19.8 Å². The number of piperidine rings is 1. The second-order valence-electron chi connectivity index (χ2n) is 7.05. The first-order chi connectivity index (χ1) is 9.73. The van der Waals surface area contributed by atoms with Gasteiger partial charge in [-0.05, 0) is 67.7 Å². The Hall–Kier alpha value is 0.0569. The largest absolute Gasteiger partial charge is 0.515 e. The minimum atomic E-state index is -2.63. The van der Waals surface area contributed by atoms with Crippen molar-refractivity contribution in [2.24, 2.45) is 0 Å². The van der Waals surface area contributed by atoms with Crippen LogP contribution in [0.2, 0.25) is 0 Å². The van der Waals surface area contributed by atoms with E-state index in [9.17, 15) is 0 Å². The monoisotopic (exact) mass is 317 g/mol. The first-order valence-corrected chi connectivity index (χ1v) is 10.4. The van der Waals surface area contributed by atoms with E-state index in [2.05, 4.69) is 32.6 Å². The van der Waals surface area contributed by atoms with Gasteiger partial charge in [-0.25, -0.2) is 0 Å². The van der Waals surface area contributed by atoms with Crippen molar-refractivity contribution in [3.8, 4) is 0 Å². The van der Waals surface area contributed by atoms with E-state index in [4.69, 9.17) is 13.3 Å². The molecule has 0 aromatic heterocycles. The van der Waals surface area contributed by atoms with Crippen LogP contribution in [0.4, 0.5) is 0 Å². The fraction of sp³-hybridized carbons (Fsp3) is 1.00. The average molecular weight is 318 g/mol. The van der Waals surface area contributed by atoms with Crippen LogP contribution in [-0.4, -0.2) is 50.8 Å². The molecule has 0 radical (unpaired) electrons. The van der Waals surface area contributed by atoms with Crippen LogP contribution in [-0.2, 0) is 13.3 Å². The summed E-state index contributed by atoms with van der Waals surface area (Å²) in [5.74, 6) is 0. The van der Waals surface area contributed by atoms with Crippen LogP contribution in [0.15, 0.2) is 0 Å². The van der Waals surface area contributed by atoms with Gasteiger partial charge in [-0.2, -0.15) is 0 Å². The zero-order valence-electron chi connectivity index (χ0n) is 15.1. The maximum absolute atomic E-state index is 6.05. The Balaban J connectivity index is 3.02. The summed E-state index contributed by atoms with van der Waals surface area (Å²) >= 11 is 0. The van der Waals surface area contributed by atoms with E-state index < -0.39 is 8.80 Å². The number of rotatable bonds is 8. The van der Waals surface area contributed by atoms with Gasteiger partial charge in [0.1, 0.15) is 0 Å². The summed E-state index contributed by atoms with van der Waals surface area (Å²) in [5.41, 5.74) is 0.316. The lowest BCUT2D eigenvalue weighted by atomic mass is 9.80. The molecule has 4 nitrogen and oxygen atoms in total. The summed E-state index contributed by atoms with van der Waals surface area (Å²) in [5, 5.41) is 0. The van der Waals surface area contributed by atoms with Crippen LogP contribution in [0.25, 0.3) is 0 Å². The van der Waals surface area contributed by atoms with Gasteiger partial charge in [0, 0.05) is 30.9 Å². The van der Waals surface area contributed by atoms with Crippen LogP contribution < -0.4 is 0 Å². The van der Waals surface area contributed by atoms with E-state index in [1.165, 1.54) is 19.3 Å². The first kappa shape index (κ1) is 19.1. The van der Waals surface area contributed by atoms with Gasteiger partial charge in [0.05, 0.1) is 6.17 Å². The molecule has 0 aromatic rings. The van der Waals surface area contributed by atoms with E-state index in [1.54, 1.807) is 0 Å². The highest BCUT2D eigenvalue weighted by Crippen LogP contribution is 2.39. The van der Waals surface area contributed by atoms with Crippen LogP contribution in [0.1, 0.15) is 67.7 Å². The van der Waals surface area contributed by atoms with Crippen molar-refractivity contribution in [3.63, 3.8) is 0 Å². The molecule has 1 rings (SSSR count). The summed E-state index contributed by atoms with van der Waals surface area (Å²) in [6.45, 7) is 17.3. The molecule has 1 heterocycles. The van der Waals surface area contributed by atoms with Crippen LogP contribution in [0.5, 0.6) is 0 Å². The molecule has 0 unspecified atom stereocenters. The van der Waals surface area contributed by atoms with Gasteiger partial charge in [0.15, 0.2) is 0 Å². The molecule has 0 aliphatic carbocycles. The van der Waals surface area contributed by atoms with Crippen LogP contribution >= 0.6 is 0 Å². The Morgan fingerprint density at radius 1 is 0.810 bits per heavy atom. The van der Waals surface area contributed by atoms with E-state index in [0.717, 1.165) is 6.17 Å². The molecule has 0 atom stereocenters. The van der Waals surface area contributed by atoms with Gasteiger partial charge in [0.2, 0.25) is 0 Å². The molecule has 1 fully saturated rings. The number of likely N-dealkylation sites (tertiary alicyclic amines) is 1. The molecule has 1 saturated heterocycles. The summed E-state index contributed by atoms with van der Waals surface area (Å²) in [6.07, 6.45) is 4.49. The lowest BCUT2D eigenvalue weighted by Crippen LogP contribution is -2.66. The van der Waals surface area contributed by atoms with Crippen molar-refractivity contribution in [2.75, 3.05) is 26.0 Å². The highest BCUT2D eigenvalue weighted by Gasteiger charge is 2.50. The van der Waals surface area contributed by atoms with E-state index >= 15 is 0 Å². The fourth-order valence-corrected chi connectivity index (χ4v) is 6.67. The maximum Gasteiger partial charge on any atom is 0.515 e. The lowest BCUT2D eigenvalue weighted by molar-refractivity contribution is -0.0384. The van der Waals surface area contributed by atoms with Crippen LogP contribution in [0, 0.1) is 0 Å². The predicted molar refractivity (Wildman–Crippen MR) is 89.3 cm³/mol. The quantitative estimate of drug-likeness (QED) is 0.640. The highest BCUT2D eigenvalue weighted by atomic mass is 28.4. The van der Waals surface area contributed by atoms with Crippen molar-refractivity contribution in [3.05, 3.63) is 0 Å². The molecule has 1 aliphatic rings. The first-order valence-electron chi connectivity index (χ1n) is 8.42. The fourth-order valence-electron chi connectivity index (χ4n) is 3.59. The Morgan fingerprint density at radius 2 is 1.19 bits per heavy atom. The number of hydrogen-bond acceptors (Lipinski definition) is 4. The molecule has 0 spiro atoms. The summed E-state index contributed by atoms with van der Waals surface area (Å²) in [4.78, 5) is 2.57. The topological polar surface area (TPSA) is 30.9 Å². The Bertz CT molecular complexity index is 288. The highest BCUT2D eigenvalue weighted by molar-refractivity contribution is 6.61. The van der Waals surface area contributed by atoms with E-state index in [1.807, 2.05) is 20.8 Å². The third-order valence-electron chi connectivity index (χ3n) is 4.48. The summed E-state index contributed by atoms with van der Waals surface area (Å²) < 4.78 is 18.2. The molecular weight excluding hydrogens is 282 g/mol. The molecule has 126 valence electrons. The van der Waals surface area contributed by atoms with E-state index in [-0.39, 0.29) is 11.1 Å². The van der Waals surface area contributed by atoms with Gasteiger partial charge in [-0.1, -0.05) is 0 Å². The average Bonchev–Trinajstić information content (AvgIpc) is 2.35. The second-order valence-corrected chi connectivity index (χ2v) is 9.59. The van der Waals surface area contributed by atoms with Crippen molar-refractivity contribution in [1.29, 1.82) is 0 Å². The Labute approximate surface area is 132 Å². The smallest absolute Gasteiger partial charge is 0.373 e.